The van der Waals surface area contributed by atoms with E-state index in [1.54, 1.807) is 0 Å². The van der Waals surface area contributed by atoms with Gasteiger partial charge in [0.15, 0.2) is 0 Å². The van der Waals surface area contributed by atoms with Gasteiger partial charge in [-0.1, -0.05) is 0 Å². The van der Waals surface area contributed by atoms with Gasteiger partial charge in [0.25, 0.3) is 0 Å². The third-order valence-electron chi connectivity index (χ3n) is 0.744. The Morgan fingerprint density at radius 2 is 1.56 bits per heavy atom. The molecule has 5 heteroatoms. The van der Waals surface area contributed by atoms with E-state index in [9.17, 15) is 0 Å². The van der Waals surface area contributed by atoms with Crippen molar-refractivity contribution in [2.75, 3.05) is 20.0 Å². The summed E-state index contributed by atoms with van der Waals surface area (Å²) in [5.41, 5.74) is 0. The minimum absolute atomic E-state index is 0.500. The topological polar surface area (TPSA) is 18.5 Å². The molecule has 0 saturated carbocycles. The average Bonchev–Trinajstić information content (AvgIpc) is 1.93. The number of ether oxygens (including phenoxy) is 2. The average molecular weight is 232 g/mol. The molecule has 1 saturated heterocycles. The van der Waals surface area contributed by atoms with E-state index in [4.69, 9.17) is 29.5 Å². The van der Waals surface area contributed by atoms with E-state index in [0.29, 0.717) is 6.79 Å². The van der Waals surface area contributed by atoms with Crippen LogP contribution in [-0.4, -0.2) is 33.6 Å². The molecule has 0 aliphatic carbocycles. The van der Waals surface area contributed by atoms with Crippen molar-refractivity contribution >= 4 is 33.6 Å². The summed E-state index contributed by atoms with van der Waals surface area (Å²) in [5.74, 6) is 0. The normalized spacial score (nSPS) is 18.0. The molecule has 1 rings (SSSR count). The fourth-order valence-electron chi connectivity index (χ4n) is 0.440. The SMILES string of the molecule is C1COCOC1.[Cl][Ge][Cl]. The van der Waals surface area contributed by atoms with Crippen LogP contribution in [0.4, 0.5) is 0 Å². The number of rotatable bonds is 0. The molecule has 0 amide bonds. The van der Waals surface area contributed by atoms with E-state index in [1.807, 2.05) is 0 Å². The molecule has 0 aromatic heterocycles. The van der Waals surface area contributed by atoms with Crippen molar-refractivity contribution in [2.24, 2.45) is 0 Å². The molecule has 0 N–H and O–H groups in total. The van der Waals surface area contributed by atoms with Crippen LogP contribution >= 0.6 is 20.0 Å². The Bertz CT molecular complexity index is 40.3. The van der Waals surface area contributed by atoms with Crippen LogP contribution in [0.5, 0.6) is 0 Å². The number of hydrogen-bond acceptors (Lipinski definition) is 2. The third kappa shape index (κ3) is 9.04. The van der Waals surface area contributed by atoms with Crippen LogP contribution in [0.25, 0.3) is 0 Å². The molecule has 0 atom stereocenters. The Kier molecular flexibility index (Phi) is 10.1. The predicted molar refractivity (Wildman–Crippen MR) is 38.8 cm³/mol. The molecule has 0 bridgehead atoms. The van der Waals surface area contributed by atoms with Crippen molar-refractivity contribution in [3.63, 3.8) is 0 Å². The van der Waals surface area contributed by atoms with Crippen LogP contribution in [0.15, 0.2) is 0 Å². The summed E-state index contributed by atoms with van der Waals surface area (Å²) in [6.07, 6.45) is 1.06. The van der Waals surface area contributed by atoms with E-state index in [0.717, 1.165) is 19.6 Å². The van der Waals surface area contributed by atoms with Crippen LogP contribution in [-0.2, 0) is 9.47 Å². The third-order valence-corrected chi connectivity index (χ3v) is 0.744. The molecule has 0 unspecified atom stereocenters. The summed E-state index contributed by atoms with van der Waals surface area (Å²) >= 11 is -0.556. The minimum atomic E-state index is -0.556. The van der Waals surface area contributed by atoms with E-state index < -0.39 is 13.6 Å². The molecular weight excluding hydrogens is 224 g/mol. The van der Waals surface area contributed by atoms with Gasteiger partial charge in [0, 0.05) is 0 Å². The molecule has 1 heterocycles. The van der Waals surface area contributed by atoms with Gasteiger partial charge in [-0.2, -0.15) is 0 Å². The molecule has 0 spiro atoms. The summed E-state index contributed by atoms with van der Waals surface area (Å²) in [7, 11) is 9.78. The Morgan fingerprint density at radius 3 is 1.67 bits per heavy atom. The van der Waals surface area contributed by atoms with Gasteiger partial charge < -0.3 is 9.47 Å². The molecule has 0 aromatic carbocycles. The van der Waals surface area contributed by atoms with Crippen LogP contribution in [0.1, 0.15) is 6.42 Å². The second kappa shape index (κ2) is 9.04. The first-order valence-electron chi connectivity index (χ1n) is 2.53. The van der Waals surface area contributed by atoms with Crippen LogP contribution in [0, 0.1) is 0 Å². The summed E-state index contributed by atoms with van der Waals surface area (Å²) in [5, 5.41) is 0. The number of halogens is 2. The molecule has 1 aliphatic heterocycles. The van der Waals surface area contributed by atoms with Gasteiger partial charge in [-0.15, -0.1) is 0 Å². The van der Waals surface area contributed by atoms with Crippen LogP contribution < -0.4 is 0 Å². The van der Waals surface area contributed by atoms with Crippen molar-refractivity contribution in [3.8, 4) is 0 Å². The summed E-state index contributed by atoms with van der Waals surface area (Å²) < 4.78 is 9.69. The molecule has 1 fully saturated rings. The predicted octanol–water partition coefficient (Wildman–Crippen LogP) is 1.38. The molecule has 2 radical (unpaired) electrons. The Labute approximate surface area is 69.6 Å². The van der Waals surface area contributed by atoms with Gasteiger partial charge in [0.1, 0.15) is 6.79 Å². The first kappa shape index (κ1) is 10.0. The van der Waals surface area contributed by atoms with Gasteiger partial charge in [-0.05, 0) is 6.42 Å². The van der Waals surface area contributed by atoms with Crippen molar-refractivity contribution in [1.29, 1.82) is 0 Å². The van der Waals surface area contributed by atoms with Gasteiger partial charge in [-0.3, -0.25) is 0 Å². The van der Waals surface area contributed by atoms with E-state index >= 15 is 0 Å². The zero-order valence-electron chi connectivity index (χ0n) is 4.90. The van der Waals surface area contributed by atoms with E-state index in [2.05, 4.69) is 0 Å². The summed E-state index contributed by atoms with van der Waals surface area (Å²) in [4.78, 5) is 0. The second-order valence-corrected chi connectivity index (χ2v) is 4.63. The van der Waals surface area contributed by atoms with Gasteiger partial charge in [0.2, 0.25) is 0 Å². The molecule has 9 heavy (non-hydrogen) atoms. The quantitative estimate of drug-likeness (QED) is 0.587. The van der Waals surface area contributed by atoms with Crippen molar-refractivity contribution in [1.82, 2.24) is 0 Å². The van der Waals surface area contributed by atoms with E-state index in [-0.39, 0.29) is 0 Å². The molecule has 1 aliphatic rings. The van der Waals surface area contributed by atoms with E-state index in [1.165, 1.54) is 0 Å². The van der Waals surface area contributed by atoms with Crippen LogP contribution in [0.2, 0.25) is 0 Å². The van der Waals surface area contributed by atoms with Crippen molar-refractivity contribution in [2.45, 2.75) is 6.42 Å². The van der Waals surface area contributed by atoms with Gasteiger partial charge >= 0.3 is 33.6 Å². The summed E-state index contributed by atoms with van der Waals surface area (Å²) in [6, 6.07) is 0. The maximum atomic E-state index is 4.89. The van der Waals surface area contributed by atoms with Crippen LogP contribution in [0.3, 0.4) is 0 Å². The Hall–Kier alpha value is 1.04. The van der Waals surface area contributed by atoms with Crippen molar-refractivity contribution < 1.29 is 9.47 Å². The zero-order valence-corrected chi connectivity index (χ0v) is 8.51. The standard InChI is InChI=1S/C4H8O2.Cl2Ge/c1-2-5-4-6-3-1;1-3-2/h1-4H2;. The first-order chi connectivity index (χ1) is 4.41. The Balaban J connectivity index is 0.000000187. The molecule has 0 aromatic rings. The maximum absolute atomic E-state index is 4.89. The first-order valence-corrected chi connectivity index (χ1v) is 8.05. The van der Waals surface area contributed by atoms with Gasteiger partial charge in [0.05, 0.1) is 13.2 Å². The molecular formula is C4H8Cl2GeO2. The van der Waals surface area contributed by atoms with Crippen molar-refractivity contribution in [3.05, 3.63) is 0 Å². The molecule has 2 nitrogen and oxygen atoms in total. The number of hydrogen-bond donors (Lipinski definition) is 0. The fraction of sp³-hybridized carbons (Fsp3) is 1.00. The monoisotopic (exact) mass is 232 g/mol. The Morgan fingerprint density at radius 1 is 1.11 bits per heavy atom. The zero-order chi connectivity index (χ0) is 6.95. The van der Waals surface area contributed by atoms with Gasteiger partial charge in [-0.25, -0.2) is 0 Å². The fourth-order valence-corrected chi connectivity index (χ4v) is 0.440. The second-order valence-electron chi connectivity index (χ2n) is 1.36. The molecule has 54 valence electrons. The summed E-state index contributed by atoms with van der Waals surface area (Å²) in [6.45, 7) is 2.25.